The Morgan fingerprint density at radius 1 is 1.21 bits per heavy atom. The van der Waals surface area contributed by atoms with Crippen LogP contribution in [0.3, 0.4) is 0 Å². The van der Waals surface area contributed by atoms with E-state index in [1.165, 1.54) is 4.68 Å². The molecular formula is C20H24N4O4S. The summed E-state index contributed by atoms with van der Waals surface area (Å²) in [6.45, 7) is 1.56. The molecule has 2 atom stereocenters. The van der Waals surface area contributed by atoms with Crippen molar-refractivity contribution in [1.29, 1.82) is 0 Å². The van der Waals surface area contributed by atoms with Gasteiger partial charge in [-0.2, -0.15) is 5.10 Å². The van der Waals surface area contributed by atoms with Crippen LogP contribution in [0.25, 0.3) is 0 Å². The molecule has 9 heteroatoms. The first-order valence-electron chi connectivity index (χ1n) is 9.76. The zero-order valence-corrected chi connectivity index (χ0v) is 16.8. The lowest BCUT2D eigenvalue weighted by Crippen LogP contribution is -2.40. The van der Waals surface area contributed by atoms with Crippen LogP contribution in [0.5, 0.6) is 0 Å². The SMILES string of the molecule is O=C(NC1CCS(=O)(=O)C1)C1CCN(c2cnn(Cc3ccccc3)c(=O)c2)C1. The smallest absolute Gasteiger partial charge is 0.269 e. The maximum atomic E-state index is 12.5. The zero-order chi connectivity index (χ0) is 20.4. The van der Waals surface area contributed by atoms with E-state index in [1.54, 1.807) is 12.3 Å². The van der Waals surface area contributed by atoms with E-state index in [9.17, 15) is 18.0 Å². The monoisotopic (exact) mass is 416 g/mol. The number of hydrogen-bond donors (Lipinski definition) is 1. The average molecular weight is 417 g/mol. The summed E-state index contributed by atoms with van der Waals surface area (Å²) in [5.74, 6) is -0.164. The predicted molar refractivity (Wildman–Crippen MR) is 110 cm³/mol. The van der Waals surface area contributed by atoms with Crippen molar-refractivity contribution in [3.8, 4) is 0 Å². The van der Waals surface area contributed by atoms with Crippen molar-refractivity contribution in [1.82, 2.24) is 15.1 Å². The first-order valence-corrected chi connectivity index (χ1v) is 11.6. The molecule has 2 fully saturated rings. The van der Waals surface area contributed by atoms with Crippen molar-refractivity contribution in [3.63, 3.8) is 0 Å². The number of amides is 1. The van der Waals surface area contributed by atoms with E-state index < -0.39 is 9.84 Å². The predicted octanol–water partition coefficient (Wildman–Crippen LogP) is 0.421. The molecule has 0 spiro atoms. The van der Waals surface area contributed by atoms with Crippen molar-refractivity contribution in [2.24, 2.45) is 5.92 Å². The van der Waals surface area contributed by atoms with Gasteiger partial charge in [-0.05, 0) is 18.4 Å². The average Bonchev–Trinajstić information content (AvgIpc) is 3.31. The molecule has 2 unspecified atom stereocenters. The minimum atomic E-state index is -3.02. The number of aromatic nitrogens is 2. The molecule has 0 radical (unpaired) electrons. The molecule has 1 amide bonds. The summed E-state index contributed by atoms with van der Waals surface area (Å²) in [4.78, 5) is 26.9. The Morgan fingerprint density at radius 3 is 2.69 bits per heavy atom. The van der Waals surface area contributed by atoms with Gasteiger partial charge in [-0.25, -0.2) is 13.1 Å². The lowest BCUT2D eigenvalue weighted by Gasteiger charge is -2.19. The van der Waals surface area contributed by atoms with Gasteiger partial charge in [-0.1, -0.05) is 30.3 Å². The third-order valence-electron chi connectivity index (χ3n) is 5.53. The maximum Gasteiger partial charge on any atom is 0.269 e. The molecule has 3 heterocycles. The molecule has 1 aromatic carbocycles. The fraction of sp³-hybridized carbons (Fsp3) is 0.450. The molecule has 2 aliphatic heterocycles. The van der Waals surface area contributed by atoms with Crippen LogP contribution in [0, 0.1) is 5.92 Å². The first kappa shape index (κ1) is 19.6. The van der Waals surface area contributed by atoms with Gasteiger partial charge >= 0.3 is 0 Å². The molecule has 4 rings (SSSR count). The molecule has 154 valence electrons. The van der Waals surface area contributed by atoms with Gasteiger partial charge in [0.1, 0.15) is 0 Å². The Balaban J connectivity index is 1.37. The number of rotatable bonds is 5. The Morgan fingerprint density at radius 2 is 2.00 bits per heavy atom. The quantitative estimate of drug-likeness (QED) is 0.758. The first-order chi connectivity index (χ1) is 13.9. The van der Waals surface area contributed by atoms with Crippen LogP contribution < -0.4 is 15.8 Å². The molecular weight excluding hydrogens is 392 g/mol. The Bertz CT molecular complexity index is 1050. The summed E-state index contributed by atoms with van der Waals surface area (Å²) in [5, 5.41) is 7.15. The number of anilines is 1. The second-order valence-corrected chi connectivity index (χ2v) is 9.96. The molecule has 1 aromatic heterocycles. The fourth-order valence-corrected chi connectivity index (χ4v) is 5.58. The van der Waals surface area contributed by atoms with Crippen molar-refractivity contribution in [2.75, 3.05) is 29.5 Å². The van der Waals surface area contributed by atoms with Gasteiger partial charge in [0.2, 0.25) is 5.91 Å². The van der Waals surface area contributed by atoms with E-state index in [1.807, 2.05) is 35.2 Å². The molecule has 0 saturated carbocycles. The molecule has 0 bridgehead atoms. The van der Waals surface area contributed by atoms with Gasteiger partial charge in [-0.15, -0.1) is 0 Å². The summed E-state index contributed by atoms with van der Waals surface area (Å²) >= 11 is 0. The van der Waals surface area contributed by atoms with Gasteiger partial charge < -0.3 is 10.2 Å². The zero-order valence-electron chi connectivity index (χ0n) is 16.0. The highest BCUT2D eigenvalue weighted by Crippen LogP contribution is 2.23. The van der Waals surface area contributed by atoms with Gasteiger partial charge in [0, 0.05) is 25.2 Å². The molecule has 2 aromatic rings. The highest BCUT2D eigenvalue weighted by atomic mass is 32.2. The molecule has 1 N–H and O–H groups in total. The number of nitrogens with zero attached hydrogens (tertiary/aromatic N) is 3. The number of sulfone groups is 1. The molecule has 8 nitrogen and oxygen atoms in total. The highest BCUT2D eigenvalue weighted by molar-refractivity contribution is 7.91. The summed E-state index contributed by atoms with van der Waals surface area (Å²) in [6, 6.07) is 10.9. The van der Waals surface area contributed by atoms with Crippen LogP contribution in [0.4, 0.5) is 5.69 Å². The normalized spacial score (nSPS) is 23.2. The molecule has 29 heavy (non-hydrogen) atoms. The Kier molecular flexibility index (Phi) is 5.40. The van der Waals surface area contributed by atoms with E-state index in [-0.39, 0.29) is 34.9 Å². The van der Waals surface area contributed by atoms with E-state index >= 15 is 0 Å². The van der Waals surface area contributed by atoms with Gasteiger partial charge in [0.25, 0.3) is 5.56 Å². The van der Waals surface area contributed by atoms with Crippen LogP contribution in [0.1, 0.15) is 18.4 Å². The van der Waals surface area contributed by atoms with Crippen LogP contribution in [0.15, 0.2) is 47.4 Å². The number of carbonyl (C=O) groups excluding carboxylic acids is 1. The van der Waals surface area contributed by atoms with E-state index in [0.717, 1.165) is 5.56 Å². The molecule has 2 aliphatic rings. The summed E-state index contributed by atoms with van der Waals surface area (Å²) < 4.78 is 24.5. The third kappa shape index (κ3) is 4.67. The van der Waals surface area contributed by atoms with Crippen molar-refractivity contribution in [2.45, 2.75) is 25.4 Å². The van der Waals surface area contributed by atoms with Crippen LogP contribution in [0.2, 0.25) is 0 Å². The maximum absolute atomic E-state index is 12.5. The Hall–Kier alpha value is -2.68. The highest BCUT2D eigenvalue weighted by Gasteiger charge is 2.33. The largest absolute Gasteiger partial charge is 0.369 e. The fourth-order valence-electron chi connectivity index (χ4n) is 3.91. The van der Waals surface area contributed by atoms with Gasteiger partial charge in [0.05, 0.1) is 35.9 Å². The van der Waals surface area contributed by atoms with Crippen LogP contribution in [-0.4, -0.2) is 54.7 Å². The van der Waals surface area contributed by atoms with Gasteiger partial charge in [-0.3, -0.25) is 9.59 Å². The Labute approximate surface area is 169 Å². The van der Waals surface area contributed by atoms with Crippen molar-refractivity contribution >= 4 is 21.4 Å². The summed E-state index contributed by atoms with van der Waals surface area (Å²) in [7, 11) is -3.02. The summed E-state index contributed by atoms with van der Waals surface area (Å²) in [6.07, 6.45) is 2.81. The third-order valence-corrected chi connectivity index (χ3v) is 7.30. The number of carbonyl (C=O) groups is 1. The number of benzene rings is 1. The summed E-state index contributed by atoms with van der Waals surface area (Å²) in [5.41, 5.74) is 1.52. The minimum absolute atomic E-state index is 0.0265. The molecule has 2 saturated heterocycles. The van der Waals surface area contributed by atoms with Crippen molar-refractivity contribution in [3.05, 3.63) is 58.5 Å². The van der Waals surface area contributed by atoms with E-state index in [2.05, 4.69) is 10.4 Å². The number of nitrogens with one attached hydrogen (secondary N) is 1. The second kappa shape index (κ2) is 7.98. The van der Waals surface area contributed by atoms with E-state index in [0.29, 0.717) is 38.2 Å². The lowest BCUT2D eigenvalue weighted by molar-refractivity contribution is -0.124. The lowest BCUT2D eigenvalue weighted by atomic mass is 10.1. The van der Waals surface area contributed by atoms with Gasteiger partial charge in [0.15, 0.2) is 9.84 Å². The van der Waals surface area contributed by atoms with Crippen molar-refractivity contribution < 1.29 is 13.2 Å². The van der Waals surface area contributed by atoms with E-state index in [4.69, 9.17) is 0 Å². The number of hydrogen-bond acceptors (Lipinski definition) is 6. The van der Waals surface area contributed by atoms with Crippen LogP contribution in [-0.2, 0) is 21.2 Å². The van der Waals surface area contributed by atoms with Crippen LogP contribution >= 0.6 is 0 Å². The molecule has 0 aliphatic carbocycles. The second-order valence-electron chi connectivity index (χ2n) is 7.74. The minimum Gasteiger partial charge on any atom is -0.369 e. The standard InChI is InChI=1S/C20H24N4O4S/c25-19-10-18(11-21-24(19)12-15-4-2-1-3-5-15)23-8-6-16(13-23)20(26)22-17-7-9-29(27,28)14-17/h1-5,10-11,16-17H,6-9,12-14H2,(H,22,26). The topological polar surface area (TPSA) is 101 Å².